The van der Waals surface area contributed by atoms with Crippen molar-refractivity contribution in [1.82, 2.24) is 15.5 Å². The average Bonchev–Trinajstić information content (AvgIpc) is 2.54. The maximum atomic E-state index is 12.2. The molecule has 110 valence electrons. The van der Waals surface area contributed by atoms with Crippen LogP contribution in [0.3, 0.4) is 0 Å². The van der Waals surface area contributed by atoms with E-state index in [0.29, 0.717) is 37.1 Å². The molecule has 1 fully saturated rings. The van der Waals surface area contributed by atoms with Crippen LogP contribution in [-0.2, 0) is 9.47 Å². The zero-order valence-corrected chi connectivity index (χ0v) is 11.3. The minimum absolute atomic E-state index is 0.156. The fourth-order valence-corrected chi connectivity index (χ4v) is 2.23. The third-order valence-corrected chi connectivity index (χ3v) is 3.29. The third-order valence-electron chi connectivity index (χ3n) is 3.29. The molecular formula is C14H15N3O4. The Bertz CT molecular complexity index is 707. The SMILES string of the molecule is O=C(NCC1COCCO1)c1n[nH]c(=O)c2ccccc12. The molecule has 2 heterocycles. The highest BCUT2D eigenvalue weighted by atomic mass is 16.6. The van der Waals surface area contributed by atoms with Crippen LogP contribution in [0.4, 0.5) is 0 Å². The number of nitrogens with one attached hydrogen (secondary N) is 2. The summed E-state index contributed by atoms with van der Waals surface area (Å²) >= 11 is 0. The van der Waals surface area contributed by atoms with Crippen LogP contribution in [0, 0.1) is 0 Å². The summed E-state index contributed by atoms with van der Waals surface area (Å²) in [5.74, 6) is -0.350. The van der Waals surface area contributed by atoms with E-state index in [9.17, 15) is 9.59 Å². The summed E-state index contributed by atoms with van der Waals surface area (Å²) in [5.41, 5.74) is -0.118. The van der Waals surface area contributed by atoms with Crippen LogP contribution >= 0.6 is 0 Å². The van der Waals surface area contributed by atoms with Crippen molar-refractivity contribution >= 4 is 16.7 Å². The summed E-state index contributed by atoms with van der Waals surface area (Å²) in [6.45, 7) is 1.91. The number of nitrogens with zero attached hydrogens (tertiary/aromatic N) is 1. The summed E-state index contributed by atoms with van der Waals surface area (Å²) in [5, 5.41) is 9.91. The predicted octanol–water partition coefficient (Wildman–Crippen LogP) is 0.0683. The molecule has 0 aliphatic carbocycles. The number of hydrogen-bond acceptors (Lipinski definition) is 5. The Morgan fingerprint density at radius 2 is 2.14 bits per heavy atom. The van der Waals surface area contributed by atoms with Crippen molar-refractivity contribution < 1.29 is 14.3 Å². The first-order valence-electron chi connectivity index (χ1n) is 6.70. The highest BCUT2D eigenvalue weighted by Gasteiger charge is 2.18. The molecule has 2 N–H and O–H groups in total. The number of aromatic nitrogens is 2. The van der Waals surface area contributed by atoms with Crippen LogP contribution in [0.5, 0.6) is 0 Å². The van der Waals surface area contributed by atoms with Crippen molar-refractivity contribution in [1.29, 1.82) is 0 Å². The molecule has 3 rings (SSSR count). The third kappa shape index (κ3) is 2.93. The van der Waals surface area contributed by atoms with Gasteiger partial charge in [-0.2, -0.15) is 5.10 Å². The molecule has 0 saturated carbocycles. The van der Waals surface area contributed by atoms with Gasteiger partial charge in [0.05, 0.1) is 31.3 Å². The van der Waals surface area contributed by atoms with E-state index in [1.165, 1.54) is 0 Å². The van der Waals surface area contributed by atoms with Crippen LogP contribution in [-0.4, -0.2) is 48.6 Å². The highest BCUT2D eigenvalue weighted by Crippen LogP contribution is 2.12. The number of carbonyl (C=O) groups excluding carboxylic acids is 1. The number of hydrogen-bond donors (Lipinski definition) is 2. The van der Waals surface area contributed by atoms with Gasteiger partial charge in [0.1, 0.15) is 0 Å². The number of fused-ring (bicyclic) bond motifs is 1. The number of H-pyrrole nitrogens is 1. The van der Waals surface area contributed by atoms with Gasteiger partial charge in [-0.05, 0) is 6.07 Å². The van der Waals surface area contributed by atoms with E-state index in [-0.39, 0.29) is 23.3 Å². The molecule has 1 saturated heterocycles. The number of ether oxygens (including phenoxy) is 2. The minimum Gasteiger partial charge on any atom is -0.376 e. The van der Waals surface area contributed by atoms with E-state index >= 15 is 0 Å². The van der Waals surface area contributed by atoms with E-state index < -0.39 is 0 Å². The molecule has 0 radical (unpaired) electrons. The van der Waals surface area contributed by atoms with Gasteiger partial charge in [-0.1, -0.05) is 18.2 Å². The molecule has 7 nitrogen and oxygen atoms in total. The van der Waals surface area contributed by atoms with Gasteiger partial charge in [0.2, 0.25) is 0 Å². The lowest BCUT2D eigenvalue weighted by atomic mass is 10.1. The first kappa shape index (κ1) is 13.7. The standard InChI is InChI=1S/C14H15N3O4/c18-13-11-4-2-1-3-10(11)12(16-17-13)14(19)15-7-9-8-20-5-6-21-9/h1-4,9H,5-8H2,(H,15,19)(H,17,18). The Balaban J connectivity index is 1.78. The topological polar surface area (TPSA) is 93.3 Å². The Labute approximate surface area is 120 Å². The van der Waals surface area contributed by atoms with Crippen molar-refractivity contribution in [3.63, 3.8) is 0 Å². The van der Waals surface area contributed by atoms with E-state index in [2.05, 4.69) is 15.5 Å². The number of carbonyl (C=O) groups is 1. The lowest BCUT2D eigenvalue weighted by Gasteiger charge is -2.23. The molecule has 1 unspecified atom stereocenters. The van der Waals surface area contributed by atoms with E-state index in [1.807, 2.05) is 0 Å². The zero-order chi connectivity index (χ0) is 14.7. The van der Waals surface area contributed by atoms with E-state index in [1.54, 1.807) is 24.3 Å². The van der Waals surface area contributed by atoms with Gasteiger partial charge < -0.3 is 14.8 Å². The van der Waals surface area contributed by atoms with Gasteiger partial charge in [-0.3, -0.25) is 9.59 Å². The van der Waals surface area contributed by atoms with Crippen molar-refractivity contribution in [2.75, 3.05) is 26.4 Å². The zero-order valence-electron chi connectivity index (χ0n) is 11.3. The number of rotatable bonds is 3. The van der Waals surface area contributed by atoms with Crippen LogP contribution < -0.4 is 10.9 Å². The quantitative estimate of drug-likeness (QED) is 0.834. The molecule has 1 aromatic heterocycles. The lowest BCUT2D eigenvalue weighted by molar-refractivity contribution is -0.0855. The lowest BCUT2D eigenvalue weighted by Crippen LogP contribution is -2.40. The van der Waals surface area contributed by atoms with Crippen LogP contribution in [0.1, 0.15) is 10.5 Å². The Hall–Kier alpha value is -2.25. The molecule has 1 atom stereocenters. The summed E-state index contributed by atoms with van der Waals surface area (Å²) in [6, 6.07) is 6.86. The molecule has 21 heavy (non-hydrogen) atoms. The summed E-state index contributed by atoms with van der Waals surface area (Å²) in [7, 11) is 0. The molecule has 1 aliphatic rings. The van der Waals surface area contributed by atoms with Crippen LogP contribution in [0.25, 0.3) is 10.8 Å². The monoisotopic (exact) mass is 289 g/mol. The van der Waals surface area contributed by atoms with Gasteiger partial charge in [0.25, 0.3) is 11.5 Å². The van der Waals surface area contributed by atoms with Gasteiger partial charge in [0.15, 0.2) is 5.69 Å². The number of amides is 1. The number of benzene rings is 1. The number of aromatic amines is 1. The fourth-order valence-electron chi connectivity index (χ4n) is 2.23. The molecular weight excluding hydrogens is 274 g/mol. The molecule has 1 amide bonds. The first-order chi connectivity index (χ1) is 10.3. The maximum Gasteiger partial charge on any atom is 0.272 e. The summed E-state index contributed by atoms with van der Waals surface area (Å²) < 4.78 is 10.7. The molecule has 0 spiro atoms. The average molecular weight is 289 g/mol. The van der Waals surface area contributed by atoms with Crippen LogP contribution in [0.2, 0.25) is 0 Å². The molecule has 7 heteroatoms. The van der Waals surface area contributed by atoms with Crippen LogP contribution in [0.15, 0.2) is 29.1 Å². The Morgan fingerprint density at radius 1 is 1.33 bits per heavy atom. The van der Waals surface area contributed by atoms with Gasteiger partial charge in [0, 0.05) is 11.9 Å². The maximum absolute atomic E-state index is 12.2. The van der Waals surface area contributed by atoms with Gasteiger partial charge >= 0.3 is 0 Å². The highest BCUT2D eigenvalue weighted by molar-refractivity contribution is 6.04. The molecule has 1 aromatic carbocycles. The normalized spacial score (nSPS) is 18.6. The van der Waals surface area contributed by atoms with Gasteiger partial charge in [-0.15, -0.1) is 0 Å². The van der Waals surface area contributed by atoms with Crippen molar-refractivity contribution in [3.8, 4) is 0 Å². The summed E-state index contributed by atoms with van der Waals surface area (Å²) in [4.78, 5) is 23.9. The molecule has 1 aliphatic heterocycles. The predicted molar refractivity (Wildman–Crippen MR) is 75.3 cm³/mol. The second-order valence-electron chi connectivity index (χ2n) is 4.72. The van der Waals surface area contributed by atoms with Crippen molar-refractivity contribution in [3.05, 3.63) is 40.3 Å². The second-order valence-corrected chi connectivity index (χ2v) is 4.72. The van der Waals surface area contributed by atoms with E-state index in [0.717, 1.165) is 0 Å². The van der Waals surface area contributed by atoms with Gasteiger partial charge in [-0.25, -0.2) is 5.10 Å². The molecule has 2 aromatic rings. The summed E-state index contributed by atoms with van der Waals surface area (Å²) in [6.07, 6.45) is -0.156. The minimum atomic E-state index is -0.350. The Kier molecular flexibility index (Phi) is 3.94. The van der Waals surface area contributed by atoms with Crippen molar-refractivity contribution in [2.24, 2.45) is 0 Å². The fraction of sp³-hybridized carbons (Fsp3) is 0.357. The second kappa shape index (κ2) is 6.02. The van der Waals surface area contributed by atoms with Crippen molar-refractivity contribution in [2.45, 2.75) is 6.10 Å². The first-order valence-corrected chi connectivity index (χ1v) is 6.70. The Morgan fingerprint density at radius 3 is 2.90 bits per heavy atom. The molecule has 0 bridgehead atoms. The van der Waals surface area contributed by atoms with E-state index in [4.69, 9.17) is 9.47 Å². The largest absolute Gasteiger partial charge is 0.376 e. The smallest absolute Gasteiger partial charge is 0.272 e.